The first kappa shape index (κ1) is 12.4. The molecule has 3 heteroatoms. The van der Waals surface area contributed by atoms with Crippen LogP contribution in [0.2, 0.25) is 0 Å². The Morgan fingerprint density at radius 3 is 3.10 bits per heavy atom. The van der Waals surface area contributed by atoms with Gasteiger partial charge in [0.1, 0.15) is 0 Å². The summed E-state index contributed by atoms with van der Waals surface area (Å²) in [4.78, 5) is 5.99. The number of rotatable bonds is 2. The van der Waals surface area contributed by atoms with Crippen molar-refractivity contribution in [2.75, 3.05) is 19.7 Å². The largest absolute Gasteiger partial charge is 0.396 e. The zero-order chi connectivity index (χ0) is 13.7. The Morgan fingerprint density at radius 2 is 2.30 bits per heavy atom. The molecule has 4 rings (SSSR count). The molecule has 1 saturated heterocycles. The summed E-state index contributed by atoms with van der Waals surface area (Å²) in [5, 5.41) is 11.1. The molecule has 0 spiro atoms. The highest BCUT2D eigenvalue weighted by atomic mass is 16.3. The number of fused-ring (bicyclic) bond motifs is 2. The van der Waals surface area contributed by atoms with Gasteiger partial charge in [0.25, 0.3) is 0 Å². The summed E-state index contributed by atoms with van der Waals surface area (Å²) in [6.07, 6.45) is 4.46. The number of nitrogens with zero attached hydrogens (tertiary/aromatic N) is 1. The van der Waals surface area contributed by atoms with Gasteiger partial charge in [0.05, 0.1) is 0 Å². The molecule has 0 radical (unpaired) electrons. The molecule has 1 aromatic carbocycles. The lowest BCUT2D eigenvalue weighted by molar-refractivity contribution is 0.0612. The Kier molecular flexibility index (Phi) is 2.86. The second kappa shape index (κ2) is 4.61. The van der Waals surface area contributed by atoms with Crippen molar-refractivity contribution in [3.8, 4) is 0 Å². The predicted molar refractivity (Wildman–Crippen MR) is 81.0 cm³/mol. The number of nitrogens with one attached hydrogen (secondary N) is 1. The average Bonchev–Trinajstić information content (AvgIpc) is 2.91. The Bertz CT molecular complexity index is 633. The van der Waals surface area contributed by atoms with E-state index in [1.165, 1.54) is 22.0 Å². The molecule has 106 valence electrons. The number of likely N-dealkylation sites (N-methyl/N-ethyl adjacent to an activating group) is 1. The number of aromatic amines is 1. The SMILES string of the molecule is CCN1CC(CO)C[C@H]2c3cccc4[nH]cc(c34)C[C@@H]21. The fraction of sp³-hybridized carbons (Fsp3) is 0.529. The lowest BCUT2D eigenvalue weighted by Gasteiger charge is -2.46. The van der Waals surface area contributed by atoms with Gasteiger partial charge in [0.15, 0.2) is 0 Å². The number of benzene rings is 1. The molecular formula is C17H22N2O. The van der Waals surface area contributed by atoms with Crippen molar-refractivity contribution in [3.63, 3.8) is 0 Å². The molecule has 0 saturated carbocycles. The van der Waals surface area contributed by atoms with Crippen molar-refractivity contribution in [1.29, 1.82) is 0 Å². The standard InChI is InChI=1S/C17H22N2O/c1-2-19-9-11(10-20)6-14-13-4-3-5-15-17(13)12(8-18-15)7-16(14)19/h3-5,8,11,14,16,18,20H,2,6-7,9-10H2,1H3/t11?,14-,16-/m0/s1. The minimum absolute atomic E-state index is 0.315. The smallest absolute Gasteiger partial charge is 0.0471 e. The van der Waals surface area contributed by atoms with Gasteiger partial charge in [-0.05, 0) is 42.5 Å². The van der Waals surface area contributed by atoms with Crippen LogP contribution in [0.15, 0.2) is 24.4 Å². The summed E-state index contributed by atoms with van der Waals surface area (Å²) in [7, 11) is 0. The van der Waals surface area contributed by atoms with Crippen molar-refractivity contribution in [2.45, 2.75) is 31.7 Å². The molecule has 20 heavy (non-hydrogen) atoms. The van der Waals surface area contributed by atoms with Crippen molar-refractivity contribution in [1.82, 2.24) is 9.88 Å². The molecule has 1 aliphatic heterocycles. The first-order valence-corrected chi connectivity index (χ1v) is 7.75. The predicted octanol–water partition coefficient (Wildman–Crippen LogP) is 2.51. The summed E-state index contributed by atoms with van der Waals surface area (Å²) in [5.74, 6) is 1.000. The number of hydrogen-bond donors (Lipinski definition) is 2. The van der Waals surface area contributed by atoms with Gasteiger partial charge >= 0.3 is 0 Å². The van der Waals surface area contributed by atoms with Crippen LogP contribution in [0.5, 0.6) is 0 Å². The maximum absolute atomic E-state index is 9.61. The molecule has 1 aliphatic carbocycles. The van der Waals surface area contributed by atoms with E-state index in [0.717, 1.165) is 25.9 Å². The molecule has 2 heterocycles. The highest BCUT2D eigenvalue weighted by Crippen LogP contribution is 2.44. The molecule has 2 aromatic rings. The highest BCUT2D eigenvalue weighted by Gasteiger charge is 2.39. The monoisotopic (exact) mass is 270 g/mol. The molecule has 1 unspecified atom stereocenters. The maximum atomic E-state index is 9.61. The van der Waals surface area contributed by atoms with Crippen LogP contribution in [0, 0.1) is 5.92 Å². The third-order valence-corrected chi connectivity index (χ3v) is 5.33. The zero-order valence-electron chi connectivity index (χ0n) is 12.0. The van der Waals surface area contributed by atoms with Gasteiger partial charge in [-0.2, -0.15) is 0 Å². The van der Waals surface area contributed by atoms with Crippen LogP contribution in [0.3, 0.4) is 0 Å². The molecule has 3 atom stereocenters. The summed E-state index contributed by atoms with van der Waals surface area (Å²) < 4.78 is 0. The van der Waals surface area contributed by atoms with Crippen LogP contribution in [0.4, 0.5) is 0 Å². The number of piperidine rings is 1. The fourth-order valence-electron chi connectivity index (χ4n) is 4.39. The van der Waals surface area contributed by atoms with Crippen LogP contribution in [0.1, 0.15) is 30.4 Å². The minimum atomic E-state index is 0.315. The fourth-order valence-corrected chi connectivity index (χ4v) is 4.39. The van der Waals surface area contributed by atoms with Crippen LogP contribution < -0.4 is 0 Å². The van der Waals surface area contributed by atoms with E-state index in [9.17, 15) is 5.11 Å². The topological polar surface area (TPSA) is 39.3 Å². The maximum Gasteiger partial charge on any atom is 0.0471 e. The van der Waals surface area contributed by atoms with E-state index in [-0.39, 0.29) is 0 Å². The molecule has 2 aliphatic rings. The van der Waals surface area contributed by atoms with Crippen molar-refractivity contribution >= 4 is 10.9 Å². The van der Waals surface area contributed by atoms with Gasteiger partial charge in [-0.3, -0.25) is 4.90 Å². The molecular weight excluding hydrogens is 248 g/mol. The first-order valence-electron chi connectivity index (χ1n) is 7.75. The second-order valence-electron chi connectivity index (χ2n) is 6.33. The Labute approximate surface area is 119 Å². The number of aromatic nitrogens is 1. The van der Waals surface area contributed by atoms with E-state index >= 15 is 0 Å². The number of H-pyrrole nitrogens is 1. The van der Waals surface area contributed by atoms with Crippen molar-refractivity contribution < 1.29 is 5.11 Å². The lowest BCUT2D eigenvalue weighted by Crippen LogP contribution is -2.50. The zero-order valence-corrected chi connectivity index (χ0v) is 12.0. The Hall–Kier alpha value is -1.32. The van der Waals surface area contributed by atoms with Gasteiger partial charge in [-0.1, -0.05) is 19.1 Å². The number of aliphatic hydroxyl groups excluding tert-OH is 1. The third kappa shape index (κ3) is 1.66. The van der Waals surface area contributed by atoms with Gasteiger partial charge in [0, 0.05) is 42.2 Å². The Balaban J connectivity index is 1.84. The number of hydrogen-bond acceptors (Lipinski definition) is 2. The van der Waals surface area contributed by atoms with E-state index in [1.807, 2.05) is 0 Å². The molecule has 0 amide bonds. The highest BCUT2D eigenvalue weighted by molar-refractivity contribution is 5.88. The summed E-state index contributed by atoms with van der Waals surface area (Å²) in [5.41, 5.74) is 4.23. The van der Waals surface area contributed by atoms with Gasteiger partial charge < -0.3 is 10.1 Å². The average molecular weight is 270 g/mol. The molecule has 1 fully saturated rings. The van der Waals surface area contributed by atoms with Crippen LogP contribution in [0.25, 0.3) is 10.9 Å². The van der Waals surface area contributed by atoms with Gasteiger partial charge in [0.2, 0.25) is 0 Å². The van der Waals surface area contributed by atoms with Crippen LogP contribution >= 0.6 is 0 Å². The van der Waals surface area contributed by atoms with Crippen LogP contribution in [-0.4, -0.2) is 40.7 Å². The van der Waals surface area contributed by atoms with Crippen molar-refractivity contribution in [3.05, 3.63) is 35.5 Å². The summed E-state index contributed by atoms with van der Waals surface area (Å²) in [6.45, 7) is 4.68. The van der Waals surface area contributed by atoms with E-state index < -0.39 is 0 Å². The van der Waals surface area contributed by atoms with E-state index in [2.05, 4.69) is 41.2 Å². The van der Waals surface area contributed by atoms with E-state index in [4.69, 9.17) is 0 Å². The Morgan fingerprint density at radius 1 is 1.40 bits per heavy atom. The van der Waals surface area contributed by atoms with Gasteiger partial charge in [-0.25, -0.2) is 0 Å². The van der Waals surface area contributed by atoms with Crippen LogP contribution in [-0.2, 0) is 6.42 Å². The van der Waals surface area contributed by atoms with Gasteiger partial charge in [-0.15, -0.1) is 0 Å². The van der Waals surface area contributed by atoms with E-state index in [1.54, 1.807) is 0 Å². The first-order chi connectivity index (χ1) is 9.81. The third-order valence-electron chi connectivity index (χ3n) is 5.33. The van der Waals surface area contributed by atoms with Crippen molar-refractivity contribution in [2.24, 2.45) is 5.92 Å². The number of likely N-dealkylation sites (tertiary alicyclic amines) is 1. The molecule has 0 bridgehead atoms. The quantitative estimate of drug-likeness (QED) is 0.880. The lowest BCUT2D eigenvalue weighted by atomic mass is 9.72. The van der Waals surface area contributed by atoms with E-state index in [0.29, 0.717) is 24.5 Å². The minimum Gasteiger partial charge on any atom is -0.396 e. The summed E-state index contributed by atoms with van der Waals surface area (Å²) >= 11 is 0. The number of aliphatic hydroxyl groups is 1. The second-order valence-corrected chi connectivity index (χ2v) is 6.33. The molecule has 3 nitrogen and oxygen atoms in total. The normalized spacial score (nSPS) is 29.6. The summed E-state index contributed by atoms with van der Waals surface area (Å²) in [6, 6.07) is 7.24. The molecule has 1 aromatic heterocycles. The molecule has 2 N–H and O–H groups in total.